The minimum absolute atomic E-state index is 0.140. The van der Waals surface area contributed by atoms with Crippen LogP contribution in [0.4, 0.5) is 0 Å². The Morgan fingerprint density at radius 2 is 0.797 bits per heavy atom. The van der Waals surface area contributed by atoms with Crippen LogP contribution >= 0.6 is 0 Å². The summed E-state index contributed by atoms with van der Waals surface area (Å²) in [7, 11) is 4.67. The van der Waals surface area contributed by atoms with Crippen molar-refractivity contribution in [3.05, 3.63) is 137 Å². The lowest BCUT2D eigenvalue weighted by atomic mass is 10.1. The van der Waals surface area contributed by atoms with Crippen molar-refractivity contribution in [2.24, 2.45) is 0 Å². The zero-order valence-electron chi connectivity index (χ0n) is 43.6. The number of carbonyl (C=O) groups excluding carboxylic acids is 1. The third-order valence-electron chi connectivity index (χ3n) is 10.2. The molecule has 0 saturated heterocycles. The van der Waals surface area contributed by atoms with Gasteiger partial charge < -0.3 is 44.5 Å². The third-order valence-corrected chi connectivity index (χ3v) is 10.2. The molecule has 0 amide bonds. The Labute approximate surface area is 448 Å². The Kier molecular flexibility index (Phi) is 21.6. The fourth-order valence-corrected chi connectivity index (χ4v) is 6.54. The van der Waals surface area contributed by atoms with Crippen LogP contribution in [0.15, 0.2) is 84.9 Å². The van der Waals surface area contributed by atoms with E-state index in [4.69, 9.17) is 34.6 Å². The molecule has 79 heavy (non-hydrogen) atoms. The number of aromatic nitrogens is 15. The number of H-pyrrole nitrogens is 5. The molecule has 5 heterocycles. The molecule has 0 aliphatic rings. The van der Waals surface area contributed by atoms with E-state index in [0.29, 0.717) is 75.2 Å². The second-order valence-corrected chi connectivity index (χ2v) is 16.6. The summed E-state index contributed by atoms with van der Waals surface area (Å²) in [5.41, 5.74) is 6.52. The summed E-state index contributed by atoms with van der Waals surface area (Å²) in [6.45, 7) is 7.65. The van der Waals surface area contributed by atoms with Gasteiger partial charge in [0.15, 0.2) is 29.1 Å². The zero-order chi connectivity index (χ0) is 57.6. The van der Waals surface area contributed by atoms with Crippen molar-refractivity contribution >= 4 is 29.8 Å². The van der Waals surface area contributed by atoms with Gasteiger partial charge in [0.25, 0.3) is 0 Å². The highest BCUT2D eigenvalue weighted by Gasteiger charge is 2.16. The molecule has 28 nitrogen and oxygen atoms in total. The number of hydrogen-bond donors (Lipinski definition) is 9. The van der Waals surface area contributed by atoms with E-state index in [-0.39, 0.29) is 37.9 Å². The van der Waals surface area contributed by atoms with E-state index in [0.717, 1.165) is 33.4 Å². The smallest absolute Gasteiger partial charge is 0.311 e. The van der Waals surface area contributed by atoms with Crippen LogP contribution in [0.1, 0.15) is 51.6 Å². The number of carbonyl (C=O) groups is 5. The van der Waals surface area contributed by atoms with Crippen molar-refractivity contribution in [3.63, 3.8) is 0 Å². The van der Waals surface area contributed by atoms with Crippen molar-refractivity contribution in [1.82, 2.24) is 75.9 Å². The number of nitrogens with zero attached hydrogens (tertiary/aromatic N) is 10. The first kappa shape index (κ1) is 59.2. The molecule has 0 aliphatic heterocycles. The first-order chi connectivity index (χ1) is 37.7. The van der Waals surface area contributed by atoms with E-state index in [2.05, 4.69) is 75.9 Å². The summed E-state index contributed by atoms with van der Waals surface area (Å²) in [6, 6.07) is 26.3. The Hall–Kier alpha value is -10.7. The van der Waals surface area contributed by atoms with E-state index >= 15 is 0 Å². The van der Waals surface area contributed by atoms with Gasteiger partial charge in [0.1, 0.15) is 72.1 Å². The number of aryl methyl sites for hydroxylation is 4. The number of aromatic amines is 5. The number of carboxylic acid groups (broad SMARTS) is 5. The number of benzene rings is 4. The molecule has 28 heteroatoms. The van der Waals surface area contributed by atoms with Crippen molar-refractivity contribution in [2.45, 2.75) is 59.8 Å². The van der Waals surface area contributed by atoms with Crippen molar-refractivity contribution in [1.29, 1.82) is 0 Å². The molecule has 0 atom stereocenters. The van der Waals surface area contributed by atoms with Gasteiger partial charge in [0.2, 0.25) is 0 Å². The zero-order valence-corrected chi connectivity index (χ0v) is 43.6. The molecule has 5 aromatic heterocycles. The van der Waals surface area contributed by atoms with Crippen LogP contribution in [0, 0.1) is 27.7 Å². The lowest BCUT2D eigenvalue weighted by molar-refractivity contribution is -0.304. The summed E-state index contributed by atoms with van der Waals surface area (Å²) < 4.78 is 15.6. The number of rotatable bonds is 17. The van der Waals surface area contributed by atoms with Crippen LogP contribution in [0.3, 0.4) is 0 Å². The molecule has 9 rings (SSSR count). The van der Waals surface area contributed by atoms with E-state index in [1.807, 2.05) is 87.5 Å². The predicted octanol–water partition coefficient (Wildman–Crippen LogP) is 3.75. The molecule has 4 aromatic carbocycles. The summed E-state index contributed by atoms with van der Waals surface area (Å²) in [6.07, 6.45) is -0.894. The maximum atomic E-state index is 10.6. The van der Waals surface area contributed by atoms with Gasteiger partial charge in [-0.15, -0.1) is 0 Å². The minimum atomic E-state index is -1.17. The first-order valence-corrected chi connectivity index (χ1v) is 23.3. The second kappa shape index (κ2) is 28.9. The third kappa shape index (κ3) is 19.2. The van der Waals surface area contributed by atoms with Crippen LogP contribution in [0.5, 0.6) is 17.2 Å². The molecule has 0 fully saturated rings. The maximum absolute atomic E-state index is 10.6. The van der Waals surface area contributed by atoms with Gasteiger partial charge in [-0.3, -0.25) is 44.7 Å². The number of carboxylic acids is 5. The van der Waals surface area contributed by atoms with E-state index in [1.165, 1.54) is 7.11 Å². The molecular formula is C51H54N15O13-. The fraction of sp³-hybridized carbons (Fsp3) is 0.235. The van der Waals surface area contributed by atoms with Gasteiger partial charge in [0, 0.05) is 29.6 Å². The lowest BCUT2D eigenvalue weighted by Crippen LogP contribution is -2.24. The minimum Gasteiger partial charge on any atom is -0.550 e. The molecule has 0 saturated carbocycles. The number of methoxy groups -OCH3 is 3. The lowest BCUT2D eigenvalue weighted by Gasteiger charge is -2.07. The standard InChI is InChI=1S/C12H13N3O4.C12H13N3O3.2C11H11N3O2.C5H7N3O2/c1-18-7-3-4-8(9(5-7)19-2)12-13-10(14-15-12)6-11(16)17;1-7-3-4-8(9(5-7)18-2)12-13-10(14-15-12)6-11(16)17;2*1-7-2-4-8(5-3-7)11-12-9(13-14-11)6-10(15)16;1-3-6-4(8-7-3)2-5(9)10/h3-5H,6H2,1-2H3,(H,16,17)(H,13,14,15);3-5H,6H2,1-2H3,(H,16,17)(H,13,14,15);2*2-5H,6H2,1H3,(H,15,16)(H,12,13,14);2H2,1H3,(H,9,10)(H,6,7,8)/p-1. The SMILES string of the molecule is COc1cc(C)ccc1-c1n[nH]c(CC(=O)O)n1.COc1ccc(-c2n[nH]c(CC(=O)O)n2)c(OC)c1.Cc1ccc(-c2n[nH]c(CC(=O)O)n2)cc1.Cc1ccc(-c2n[nH]c(CC(=O)O)n2)cc1.Cc1nc(CC(=O)[O-])n[nH]1. The summed E-state index contributed by atoms with van der Waals surface area (Å²) in [4.78, 5) is 72.3. The van der Waals surface area contributed by atoms with Gasteiger partial charge in [-0.2, -0.15) is 25.5 Å². The highest BCUT2D eigenvalue weighted by atomic mass is 16.5. The number of aliphatic carboxylic acids is 5. The van der Waals surface area contributed by atoms with Crippen LogP contribution in [0.2, 0.25) is 0 Å². The van der Waals surface area contributed by atoms with Crippen LogP contribution in [-0.4, -0.2) is 148 Å². The maximum Gasteiger partial charge on any atom is 0.311 e. The normalized spacial score (nSPS) is 10.2. The van der Waals surface area contributed by atoms with E-state index < -0.39 is 29.8 Å². The Morgan fingerprint density at radius 1 is 0.430 bits per heavy atom. The molecule has 0 aliphatic carbocycles. The summed E-state index contributed by atoms with van der Waals surface area (Å²) in [5.74, 6) is 1.01. The Morgan fingerprint density at radius 3 is 1.15 bits per heavy atom. The highest BCUT2D eigenvalue weighted by molar-refractivity contribution is 5.72. The van der Waals surface area contributed by atoms with Crippen molar-refractivity contribution in [2.75, 3.05) is 21.3 Å². The molecule has 412 valence electrons. The van der Waals surface area contributed by atoms with Crippen LogP contribution in [-0.2, 0) is 56.1 Å². The fourth-order valence-electron chi connectivity index (χ4n) is 6.54. The molecular weight excluding hydrogens is 1030 g/mol. The van der Waals surface area contributed by atoms with Gasteiger partial charge in [-0.1, -0.05) is 65.7 Å². The highest BCUT2D eigenvalue weighted by Crippen LogP contribution is 2.31. The molecule has 9 aromatic rings. The van der Waals surface area contributed by atoms with Gasteiger partial charge in [0.05, 0.1) is 32.5 Å². The molecule has 9 N–H and O–H groups in total. The van der Waals surface area contributed by atoms with Gasteiger partial charge in [-0.05, 0) is 57.5 Å². The Bertz CT molecular complexity index is 3360. The largest absolute Gasteiger partial charge is 0.550 e. The molecule has 0 spiro atoms. The number of ether oxygens (including phenoxy) is 3. The monoisotopic (exact) mass is 1080 g/mol. The predicted molar refractivity (Wildman–Crippen MR) is 276 cm³/mol. The molecule has 0 bridgehead atoms. The van der Waals surface area contributed by atoms with Crippen molar-refractivity contribution < 1.29 is 63.7 Å². The number of nitrogens with one attached hydrogen (secondary N) is 5. The first-order valence-electron chi connectivity index (χ1n) is 23.3. The summed E-state index contributed by atoms with van der Waals surface area (Å²) >= 11 is 0. The summed E-state index contributed by atoms with van der Waals surface area (Å²) in [5, 5.41) is 77.0. The van der Waals surface area contributed by atoms with Gasteiger partial charge in [-0.25, -0.2) is 24.9 Å². The quantitative estimate of drug-likeness (QED) is 0.0627. The Balaban J connectivity index is 0.000000184. The van der Waals surface area contributed by atoms with E-state index in [1.54, 1.807) is 39.3 Å². The average molecular weight is 1090 g/mol. The second-order valence-electron chi connectivity index (χ2n) is 16.6. The van der Waals surface area contributed by atoms with E-state index in [9.17, 15) is 29.1 Å². The number of hydrogen-bond acceptors (Lipinski definition) is 19. The van der Waals surface area contributed by atoms with Crippen LogP contribution in [0.25, 0.3) is 45.6 Å². The van der Waals surface area contributed by atoms with Gasteiger partial charge >= 0.3 is 23.9 Å². The topological polar surface area (TPSA) is 425 Å². The molecule has 0 radical (unpaired) electrons. The van der Waals surface area contributed by atoms with Crippen LogP contribution < -0.4 is 19.3 Å². The average Bonchev–Trinajstić information content (AvgIpc) is 4.30. The molecule has 0 unspecified atom stereocenters. The van der Waals surface area contributed by atoms with Crippen molar-refractivity contribution in [3.8, 4) is 62.8 Å².